The summed E-state index contributed by atoms with van der Waals surface area (Å²) in [5, 5.41) is 4.55. The Morgan fingerprint density at radius 1 is 0.979 bits per heavy atom. The maximum absolute atomic E-state index is 12.1. The van der Waals surface area contributed by atoms with Gasteiger partial charge >= 0.3 is 0 Å². The van der Waals surface area contributed by atoms with E-state index in [1.165, 1.54) is 72.7 Å². The summed E-state index contributed by atoms with van der Waals surface area (Å²) < 4.78 is 0. The fourth-order valence-electron chi connectivity index (χ4n) is 7.95. The Morgan fingerprint density at radius 2 is 1.72 bits per heavy atom. The number of allylic oxidation sites excluding steroid dienone is 1. The summed E-state index contributed by atoms with van der Waals surface area (Å²) in [6.07, 6.45) is 15.3. The van der Waals surface area contributed by atoms with E-state index in [9.17, 15) is 4.79 Å². The lowest BCUT2D eigenvalue weighted by Crippen LogP contribution is -2.41. The molecule has 1 aromatic heterocycles. The monoisotopic (exact) mass is 635 g/mol. The van der Waals surface area contributed by atoms with Crippen molar-refractivity contribution >= 4 is 17.2 Å². The normalized spacial score (nSPS) is 17.9. The first-order chi connectivity index (χ1) is 22.8. The van der Waals surface area contributed by atoms with Crippen molar-refractivity contribution in [1.82, 2.24) is 25.1 Å². The van der Waals surface area contributed by atoms with Crippen molar-refractivity contribution in [3.8, 4) is 0 Å². The second-order valence-corrected chi connectivity index (χ2v) is 14.1. The lowest BCUT2D eigenvalue weighted by atomic mass is 9.84. The first-order valence-corrected chi connectivity index (χ1v) is 18.2. The fourth-order valence-corrected chi connectivity index (χ4v) is 7.95. The standard InChI is InChI=1S/C41H57N5O/c1-7-33-25-38-30(3)43-32(5)44-40(38)26-35(33)15-12-10-8-9-11-13-22-46-23-20-34(21-24-46)37-17-14-16-36(28-47)39(37)27-45(6)41-19-18-29(2)42-31(41)4/h14,16-17,25-26,28,34,41-42H,2,4,7-13,15,18-24,27H2,1,3,5-6H3. The second-order valence-electron chi connectivity index (χ2n) is 14.1. The predicted octanol–water partition coefficient (Wildman–Crippen LogP) is 8.60. The molecule has 6 nitrogen and oxygen atoms in total. The van der Waals surface area contributed by atoms with Gasteiger partial charge in [-0.05, 0) is 132 Å². The van der Waals surface area contributed by atoms with E-state index >= 15 is 0 Å². The maximum atomic E-state index is 12.1. The van der Waals surface area contributed by atoms with E-state index < -0.39 is 0 Å². The molecule has 1 N–H and O–H groups in total. The summed E-state index contributed by atoms with van der Waals surface area (Å²) in [4.78, 5) is 26.4. The Morgan fingerprint density at radius 3 is 2.45 bits per heavy atom. The average Bonchev–Trinajstić information content (AvgIpc) is 3.06. The highest BCUT2D eigenvalue weighted by Gasteiger charge is 2.27. The number of aryl methyl sites for hydroxylation is 4. The number of likely N-dealkylation sites (N-methyl/N-ethyl adjacent to an activating group) is 1. The van der Waals surface area contributed by atoms with E-state index in [0.29, 0.717) is 5.92 Å². The first kappa shape index (κ1) is 35.0. The summed E-state index contributed by atoms with van der Waals surface area (Å²) in [5.74, 6) is 1.37. The van der Waals surface area contributed by atoms with Crippen LogP contribution in [0.2, 0.25) is 0 Å². The summed E-state index contributed by atoms with van der Waals surface area (Å²) in [6, 6.07) is 11.2. The molecule has 252 valence electrons. The molecule has 47 heavy (non-hydrogen) atoms. The Balaban J connectivity index is 1.02. The molecule has 3 aromatic rings. The van der Waals surface area contributed by atoms with E-state index in [1.807, 2.05) is 13.0 Å². The van der Waals surface area contributed by atoms with Gasteiger partial charge in [0.1, 0.15) is 12.1 Å². The van der Waals surface area contributed by atoms with Gasteiger partial charge in [-0.3, -0.25) is 9.69 Å². The van der Waals surface area contributed by atoms with E-state index in [4.69, 9.17) is 4.98 Å². The molecule has 0 saturated carbocycles. The van der Waals surface area contributed by atoms with E-state index in [2.05, 4.69) is 78.4 Å². The highest BCUT2D eigenvalue weighted by atomic mass is 16.1. The van der Waals surface area contributed by atoms with Gasteiger partial charge in [-0.1, -0.05) is 64.0 Å². The first-order valence-electron chi connectivity index (χ1n) is 18.2. The number of rotatable bonds is 15. The van der Waals surface area contributed by atoms with Crippen LogP contribution in [0.15, 0.2) is 54.9 Å². The Labute approximate surface area is 283 Å². The fraction of sp³-hybridized carbons (Fsp3) is 0.537. The third-order valence-corrected chi connectivity index (χ3v) is 10.7. The number of piperidine rings is 2. The number of carbonyl (C=O) groups is 1. The second kappa shape index (κ2) is 16.7. The van der Waals surface area contributed by atoms with Gasteiger partial charge in [-0.2, -0.15) is 0 Å². The number of hydrogen-bond donors (Lipinski definition) is 1. The molecule has 0 radical (unpaired) electrons. The van der Waals surface area contributed by atoms with Crippen molar-refractivity contribution in [3.63, 3.8) is 0 Å². The molecule has 3 heterocycles. The molecule has 0 bridgehead atoms. The van der Waals surface area contributed by atoms with Crippen LogP contribution < -0.4 is 5.32 Å². The van der Waals surface area contributed by atoms with Crippen molar-refractivity contribution in [2.75, 3.05) is 26.7 Å². The molecule has 2 saturated heterocycles. The number of nitrogens with one attached hydrogen (secondary N) is 1. The number of benzene rings is 2. The molecular formula is C41H57N5O. The van der Waals surface area contributed by atoms with Crippen molar-refractivity contribution in [2.24, 2.45) is 0 Å². The van der Waals surface area contributed by atoms with Crippen LogP contribution in [0.25, 0.3) is 10.9 Å². The lowest BCUT2D eigenvalue weighted by Gasteiger charge is -2.36. The zero-order valence-corrected chi connectivity index (χ0v) is 29.5. The van der Waals surface area contributed by atoms with Crippen LogP contribution in [-0.4, -0.2) is 58.8 Å². The Hall–Kier alpha value is -3.35. The summed E-state index contributed by atoms with van der Waals surface area (Å²) in [7, 11) is 2.16. The van der Waals surface area contributed by atoms with Gasteiger partial charge in [0.05, 0.1) is 5.52 Å². The van der Waals surface area contributed by atoms with Crippen LogP contribution in [0, 0.1) is 13.8 Å². The highest BCUT2D eigenvalue weighted by molar-refractivity contribution is 5.82. The summed E-state index contributed by atoms with van der Waals surface area (Å²) in [5.41, 5.74) is 10.6. The van der Waals surface area contributed by atoms with Crippen molar-refractivity contribution in [1.29, 1.82) is 0 Å². The molecule has 1 atom stereocenters. The van der Waals surface area contributed by atoms with Crippen LogP contribution >= 0.6 is 0 Å². The molecule has 2 aromatic carbocycles. The van der Waals surface area contributed by atoms with Crippen molar-refractivity contribution in [3.05, 3.63) is 94.2 Å². The number of hydrogen-bond acceptors (Lipinski definition) is 6. The molecule has 2 aliphatic heterocycles. The third-order valence-electron chi connectivity index (χ3n) is 10.7. The number of fused-ring (bicyclic) bond motifs is 1. The topological polar surface area (TPSA) is 61.4 Å². The number of likely N-dealkylation sites (tertiary alicyclic amines) is 1. The average molecular weight is 636 g/mol. The minimum atomic E-state index is 0.248. The van der Waals surface area contributed by atoms with Gasteiger partial charge in [0.2, 0.25) is 0 Å². The molecule has 5 rings (SSSR count). The SMILES string of the molecule is C=C1CCC(N(C)Cc2c(C=O)cccc2C2CCN(CCCCCCCCc3cc4nc(C)nc(C)c4cc3CC)CC2)C(=C)N1. The Bertz CT molecular complexity index is 1550. The summed E-state index contributed by atoms with van der Waals surface area (Å²) in [6.45, 7) is 18.9. The molecule has 1 unspecified atom stereocenters. The lowest BCUT2D eigenvalue weighted by molar-refractivity contribution is 0.112. The summed E-state index contributed by atoms with van der Waals surface area (Å²) >= 11 is 0. The van der Waals surface area contributed by atoms with Crippen LogP contribution in [0.5, 0.6) is 0 Å². The van der Waals surface area contributed by atoms with Crippen molar-refractivity contribution < 1.29 is 4.79 Å². The Kier molecular flexibility index (Phi) is 12.4. The van der Waals surface area contributed by atoms with Gasteiger partial charge in [0.25, 0.3) is 0 Å². The maximum Gasteiger partial charge on any atom is 0.150 e. The highest BCUT2D eigenvalue weighted by Crippen LogP contribution is 2.33. The molecule has 6 heteroatoms. The van der Waals surface area contributed by atoms with Crippen LogP contribution in [-0.2, 0) is 19.4 Å². The van der Waals surface area contributed by atoms with E-state index in [-0.39, 0.29) is 6.04 Å². The molecular weight excluding hydrogens is 578 g/mol. The quantitative estimate of drug-likeness (QED) is 0.133. The molecule has 0 amide bonds. The molecule has 0 spiro atoms. The van der Waals surface area contributed by atoms with Crippen LogP contribution in [0.4, 0.5) is 0 Å². The number of carbonyl (C=O) groups excluding carboxylic acids is 1. The van der Waals surface area contributed by atoms with E-state index in [1.54, 1.807) is 0 Å². The van der Waals surface area contributed by atoms with E-state index in [0.717, 1.165) is 98.4 Å². The van der Waals surface area contributed by atoms with Gasteiger partial charge in [-0.25, -0.2) is 9.97 Å². The minimum Gasteiger partial charge on any atom is -0.362 e. The smallest absolute Gasteiger partial charge is 0.150 e. The zero-order chi connectivity index (χ0) is 33.3. The number of aldehydes is 1. The van der Waals surface area contributed by atoms with Gasteiger partial charge < -0.3 is 10.2 Å². The van der Waals surface area contributed by atoms with Crippen molar-refractivity contribution in [2.45, 2.75) is 116 Å². The number of unbranched alkanes of at least 4 members (excludes halogenated alkanes) is 5. The molecule has 0 aliphatic carbocycles. The largest absolute Gasteiger partial charge is 0.362 e. The number of aromatic nitrogens is 2. The predicted molar refractivity (Wildman–Crippen MR) is 196 cm³/mol. The third kappa shape index (κ3) is 8.97. The van der Waals surface area contributed by atoms with Gasteiger partial charge in [0, 0.05) is 40.6 Å². The number of nitrogens with zero attached hydrogens (tertiary/aromatic N) is 4. The molecule has 2 fully saturated rings. The minimum absolute atomic E-state index is 0.248. The molecule has 2 aliphatic rings. The van der Waals surface area contributed by atoms with Gasteiger partial charge in [0.15, 0.2) is 0 Å². The zero-order valence-electron chi connectivity index (χ0n) is 29.5. The van der Waals surface area contributed by atoms with Gasteiger partial charge in [-0.15, -0.1) is 0 Å². The van der Waals surface area contributed by atoms with Crippen LogP contribution in [0.1, 0.15) is 121 Å². The van der Waals surface area contributed by atoms with Crippen LogP contribution in [0.3, 0.4) is 0 Å².